The van der Waals surface area contributed by atoms with Crippen molar-refractivity contribution in [3.05, 3.63) is 18.3 Å². The fraction of sp³-hybridized carbons (Fsp3) is 0.333. The van der Waals surface area contributed by atoms with Crippen molar-refractivity contribution in [1.82, 2.24) is 4.98 Å². The van der Waals surface area contributed by atoms with Gasteiger partial charge in [0.05, 0.1) is 6.54 Å². The number of nitrogens with zero attached hydrogens (tertiary/aromatic N) is 1. The van der Waals surface area contributed by atoms with E-state index in [2.05, 4.69) is 15.6 Å². The van der Waals surface area contributed by atoms with Gasteiger partial charge in [0.2, 0.25) is 5.91 Å². The molecule has 0 bridgehead atoms. The van der Waals surface area contributed by atoms with Crippen LogP contribution in [0.1, 0.15) is 6.92 Å². The number of aromatic nitrogens is 1. The molecule has 1 rings (SSSR count). The van der Waals surface area contributed by atoms with Crippen molar-refractivity contribution in [3.8, 4) is 0 Å². The molecule has 1 amide bonds. The molecule has 0 saturated carbocycles. The van der Waals surface area contributed by atoms with E-state index in [4.69, 9.17) is 5.73 Å². The second kappa shape index (κ2) is 5.06. The number of carbonyl (C=O) groups excluding carboxylic acids is 1. The van der Waals surface area contributed by atoms with Gasteiger partial charge in [0.1, 0.15) is 5.82 Å². The van der Waals surface area contributed by atoms with Crippen molar-refractivity contribution in [2.75, 3.05) is 23.7 Å². The van der Waals surface area contributed by atoms with Crippen LogP contribution in [0, 0.1) is 0 Å². The predicted molar refractivity (Wildman–Crippen MR) is 56.1 cm³/mol. The van der Waals surface area contributed by atoms with E-state index in [9.17, 15) is 4.79 Å². The second-order valence-corrected chi connectivity index (χ2v) is 2.78. The minimum Gasteiger partial charge on any atom is -0.376 e. The lowest BCUT2D eigenvalue weighted by Crippen LogP contribution is -2.21. The summed E-state index contributed by atoms with van der Waals surface area (Å²) in [4.78, 5) is 14.6. The van der Waals surface area contributed by atoms with Gasteiger partial charge in [-0.1, -0.05) is 0 Å². The molecule has 76 valence electrons. The van der Waals surface area contributed by atoms with Gasteiger partial charge in [0.15, 0.2) is 0 Å². The SMILES string of the molecule is CCNc1cc(NCC(N)=O)ccn1. The Kier molecular flexibility index (Phi) is 3.72. The minimum atomic E-state index is -0.383. The van der Waals surface area contributed by atoms with Gasteiger partial charge < -0.3 is 16.4 Å². The molecule has 0 aliphatic rings. The number of nitrogens with two attached hydrogens (primary N) is 1. The number of hydrogen-bond acceptors (Lipinski definition) is 4. The quantitative estimate of drug-likeness (QED) is 0.634. The van der Waals surface area contributed by atoms with E-state index in [1.807, 2.05) is 13.0 Å². The molecule has 0 saturated heterocycles. The Bertz CT molecular complexity index is 313. The summed E-state index contributed by atoms with van der Waals surface area (Å²) in [6.07, 6.45) is 1.67. The number of anilines is 2. The Labute approximate surface area is 82.7 Å². The molecule has 14 heavy (non-hydrogen) atoms. The first-order valence-corrected chi connectivity index (χ1v) is 4.44. The molecule has 0 atom stereocenters. The van der Waals surface area contributed by atoms with Gasteiger partial charge in [-0.05, 0) is 13.0 Å². The summed E-state index contributed by atoms with van der Waals surface area (Å²) in [6, 6.07) is 3.61. The number of rotatable bonds is 5. The molecule has 0 spiro atoms. The Morgan fingerprint density at radius 1 is 1.57 bits per heavy atom. The van der Waals surface area contributed by atoms with Crippen LogP contribution in [0.2, 0.25) is 0 Å². The van der Waals surface area contributed by atoms with Crippen LogP contribution in [0.3, 0.4) is 0 Å². The predicted octanol–water partition coefficient (Wildman–Crippen LogP) is 0.411. The van der Waals surface area contributed by atoms with Gasteiger partial charge in [-0.15, -0.1) is 0 Å². The molecule has 1 heterocycles. The maximum atomic E-state index is 10.5. The van der Waals surface area contributed by atoms with Crippen molar-refractivity contribution in [2.45, 2.75) is 6.92 Å². The molecule has 0 aliphatic heterocycles. The lowest BCUT2D eigenvalue weighted by atomic mass is 10.3. The molecule has 0 unspecified atom stereocenters. The summed E-state index contributed by atoms with van der Waals surface area (Å²) >= 11 is 0. The fourth-order valence-electron chi connectivity index (χ4n) is 1.01. The van der Waals surface area contributed by atoms with E-state index in [1.54, 1.807) is 12.3 Å². The number of carbonyl (C=O) groups is 1. The normalized spacial score (nSPS) is 9.50. The average molecular weight is 194 g/mol. The standard InChI is InChI=1S/C9H14N4O/c1-2-11-9-5-7(3-4-12-9)13-6-8(10)14/h3-5H,2,6H2,1H3,(H2,10,14)(H2,11,12,13). The monoisotopic (exact) mass is 194 g/mol. The van der Waals surface area contributed by atoms with Crippen LogP contribution in [0.5, 0.6) is 0 Å². The maximum absolute atomic E-state index is 10.5. The Morgan fingerprint density at radius 2 is 2.36 bits per heavy atom. The van der Waals surface area contributed by atoms with Gasteiger partial charge >= 0.3 is 0 Å². The van der Waals surface area contributed by atoms with E-state index in [-0.39, 0.29) is 12.5 Å². The van der Waals surface area contributed by atoms with Crippen molar-refractivity contribution < 1.29 is 4.79 Å². The smallest absolute Gasteiger partial charge is 0.236 e. The third kappa shape index (κ3) is 3.30. The lowest BCUT2D eigenvalue weighted by Gasteiger charge is -2.06. The first-order valence-electron chi connectivity index (χ1n) is 4.44. The maximum Gasteiger partial charge on any atom is 0.236 e. The zero-order valence-electron chi connectivity index (χ0n) is 8.08. The van der Waals surface area contributed by atoms with Gasteiger partial charge in [-0.3, -0.25) is 4.79 Å². The molecular formula is C9H14N4O. The lowest BCUT2D eigenvalue weighted by molar-refractivity contribution is -0.116. The minimum absolute atomic E-state index is 0.135. The largest absolute Gasteiger partial charge is 0.376 e. The zero-order valence-corrected chi connectivity index (χ0v) is 8.08. The van der Waals surface area contributed by atoms with Gasteiger partial charge in [-0.25, -0.2) is 4.98 Å². The molecule has 0 fully saturated rings. The second-order valence-electron chi connectivity index (χ2n) is 2.78. The van der Waals surface area contributed by atoms with Gasteiger partial charge in [-0.2, -0.15) is 0 Å². The first kappa shape index (κ1) is 10.3. The van der Waals surface area contributed by atoms with Crippen LogP contribution in [-0.2, 0) is 4.79 Å². The molecule has 5 nitrogen and oxygen atoms in total. The third-order valence-corrected chi connectivity index (χ3v) is 1.58. The fourth-order valence-corrected chi connectivity index (χ4v) is 1.01. The van der Waals surface area contributed by atoms with Gasteiger partial charge in [0, 0.05) is 24.5 Å². The highest BCUT2D eigenvalue weighted by Crippen LogP contribution is 2.10. The van der Waals surface area contributed by atoms with Crippen molar-refractivity contribution in [3.63, 3.8) is 0 Å². The third-order valence-electron chi connectivity index (χ3n) is 1.58. The molecular weight excluding hydrogens is 180 g/mol. The van der Waals surface area contributed by atoms with E-state index < -0.39 is 0 Å². The van der Waals surface area contributed by atoms with Crippen LogP contribution in [-0.4, -0.2) is 24.0 Å². The summed E-state index contributed by atoms with van der Waals surface area (Å²) in [5.74, 6) is 0.397. The van der Waals surface area contributed by atoms with Gasteiger partial charge in [0.25, 0.3) is 0 Å². The zero-order chi connectivity index (χ0) is 10.4. The highest BCUT2D eigenvalue weighted by molar-refractivity contribution is 5.78. The number of primary amides is 1. The summed E-state index contributed by atoms with van der Waals surface area (Å²) in [6.45, 7) is 2.94. The summed E-state index contributed by atoms with van der Waals surface area (Å²) in [5, 5.41) is 5.96. The summed E-state index contributed by atoms with van der Waals surface area (Å²) < 4.78 is 0. The Morgan fingerprint density at radius 3 is 3.00 bits per heavy atom. The van der Waals surface area contributed by atoms with Crippen LogP contribution in [0.4, 0.5) is 11.5 Å². The molecule has 1 aromatic rings. The summed E-state index contributed by atoms with van der Waals surface area (Å²) in [7, 11) is 0. The number of hydrogen-bond donors (Lipinski definition) is 3. The molecule has 1 aromatic heterocycles. The highest BCUT2D eigenvalue weighted by atomic mass is 16.1. The molecule has 0 radical (unpaired) electrons. The Hall–Kier alpha value is -1.78. The highest BCUT2D eigenvalue weighted by Gasteiger charge is 1.97. The van der Waals surface area contributed by atoms with Crippen molar-refractivity contribution in [2.24, 2.45) is 5.73 Å². The van der Waals surface area contributed by atoms with Crippen LogP contribution in [0.15, 0.2) is 18.3 Å². The number of nitrogens with one attached hydrogen (secondary N) is 2. The average Bonchev–Trinajstić information content (AvgIpc) is 2.16. The molecule has 0 aliphatic carbocycles. The van der Waals surface area contributed by atoms with Crippen LogP contribution in [0.25, 0.3) is 0 Å². The molecule has 4 N–H and O–H groups in total. The van der Waals surface area contributed by atoms with E-state index >= 15 is 0 Å². The van der Waals surface area contributed by atoms with E-state index in [0.717, 1.165) is 18.1 Å². The molecule has 5 heteroatoms. The number of pyridine rings is 1. The van der Waals surface area contributed by atoms with Crippen LogP contribution < -0.4 is 16.4 Å². The number of amides is 1. The van der Waals surface area contributed by atoms with Crippen molar-refractivity contribution >= 4 is 17.4 Å². The van der Waals surface area contributed by atoms with E-state index in [1.165, 1.54) is 0 Å². The topological polar surface area (TPSA) is 80.0 Å². The molecule has 0 aromatic carbocycles. The van der Waals surface area contributed by atoms with Crippen LogP contribution >= 0.6 is 0 Å². The summed E-state index contributed by atoms with van der Waals surface area (Å²) in [5.41, 5.74) is 5.83. The Balaban J connectivity index is 2.58. The first-order chi connectivity index (χ1) is 6.72. The van der Waals surface area contributed by atoms with E-state index in [0.29, 0.717) is 0 Å². The van der Waals surface area contributed by atoms with Crippen molar-refractivity contribution in [1.29, 1.82) is 0 Å².